The van der Waals surface area contributed by atoms with Crippen LogP contribution in [0.15, 0.2) is 0 Å². The van der Waals surface area contributed by atoms with E-state index < -0.39 is 0 Å². The molecular formula is C9H15NO. The van der Waals surface area contributed by atoms with Gasteiger partial charge < -0.3 is 5.32 Å². The van der Waals surface area contributed by atoms with Crippen molar-refractivity contribution in [2.45, 2.75) is 44.1 Å². The van der Waals surface area contributed by atoms with Crippen LogP contribution in [0.4, 0.5) is 0 Å². The Morgan fingerprint density at radius 2 is 2.00 bits per heavy atom. The van der Waals surface area contributed by atoms with E-state index >= 15 is 0 Å². The second-order valence-electron chi connectivity index (χ2n) is 3.88. The Morgan fingerprint density at radius 3 is 2.64 bits per heavy atom. The number of hydrogen-bond donors (Lipinski definition) is 1. The maximum Gasteiger partial charge on any atom is 0.136 e. The van der Waals surface area contributed by atoms with E-state index in [0.717, 1.165) is 19.4 Å². The first kappa shape index (κ1) is 7.29. The van der Waals surface area contributed by atoms with Crippen LogP contribution in [0.3, 0.4) is 0 Å². The predicted octanol–water partition coefficient (Wildman–Crippen LogP) is 1.25. The van der Waals surface area contributed by atoms with Crippen LogP contribution in [0, 0.1) is 0 Å². The number of carbonyl (C=O) groups is 1. The lowest BCUT2D eigenvalue weighted by Crippen LogP contribution is -2.49. The SMILES string of the molecule is O=C1CCNC2(CCCC2)C1. The summed E-state index contributed by atoms with van der Waals surface area (Å²) in [6.45, 7) is 0.916. The lowest BCUT2D eigenvalue weighted by molar-refractivity contribution is -0.122. The lowest BCUT2D eigenvalue weighted by Gasteiger charge is -2.33. The van der Waals surface area contributed by atoms with Crippen molar-refractivity contribution in [1.82, 2.24) is 5.32 Å². The highest BCUT2D eigenvalue weighted by Crippen LogP contribution is 2.34. The van der Waals surface area contributed by atoms with Gasteiger partial charge >= 0.3 is 0 Å². The monoisotopic (exact) mass is 153 g/mol. The fourth-order valence-electron chi connectivity index (χ4n) is 2.40. The van der Waals surface area contributed by atoms with Crippen molar-refractivity contribution in [2.75, 3.05) is 6.54 Å². The molecule has 0 aromatic carbocycles. The normalized spacial score (nSPS) is 29.6. The van der Waals surface area contributed by atoms with Crippen LogP contribution >= 0.6 is 0 Å². The van der Waals surface area contributed by atoms with E-state index in [-0.39, 0.29) is 5.54 Å². The molecule has 1 aliphatic heterocycles. The molecule has 0 bridgehead atoms. The summed E-state index contributed by atoms with van der Waals surface area (Å²) in [5, 5.41) is 3.50. The first-order valence-electron chi connectivity index (χ1n) is 4.58. The van der Waals surface area contributed by atoms with Crippen LogP contribution in [0.2, 0.25) is 0 Å². The molecule has 2 aliphatic rings. The molecule has 1 saturated carbocycles. The third kappa shape index (κ3) is 1.32. The highest BCUT2D eigenvalue weighted by molar-refractivity contribution is 5.80. The number of nitrogens with one attached hydrogen (secondary N) is 1. The van der Waals surface area contributed by atoms with E-state index in [1.54, 1.807) is 0 Å². The molecule has 0 aromatic heterocycles. The Labute approximate surface area is 67.4 Å². The minimum absolute atomic E-state index is 0.245. The summed E-state index contributed by atoms with van der Waals surface area (Å²) >= 11 is 0. The number of ketones is 1. The molecule has 0 atom stereocenters. The quantitative estimate of drug-likeness (QED) is 0.567. The van der Waals surface area contributed by atoms with Gasteiger partial charge in [0.15, 0.2) is 0 Å². The average molecular weight is 153 g/mol. The van der Waals surface area contributed by atoms with E-state index in [0.29, 0.717) is 5.78 Å². The van der Waals surface area contributed by atoms with Crippen molar-refractivity contribution in [1.29, 1.82) is 0 Å². The summed E-state index contributed by atoms with van der Waals surface area (Å²) in [6, 6.07) is 0. The summed E-state index contributed by atoms with van der Waals surface area (Å²) in [6.07, 6.45) is 6.60. The molecular weight excluding hydrogens is 138 g/mol. The van der Waals surface area contributed by atoms with E-state index in [2.05, 4.69) is 5.32 Å². The predicted molar refractivity (Wildman–Crippen MR) is 43.4 cm³/mol. The van der Waals surface area contributed by atoms with Gasteiger partial charge in [0.05, 0.1) is 0 Å². The van der Waals surface area contributed by atoms with Crippen molar-refractivity contribution >= 4 is 5.78 Å². The van der Waals surface area contributed by atoms with Crippen LogP contribution in [0.1, 0.15) is 38.5 Å². The number of Topliss-reactive ketones (excluding diaryl/α,β-unsaturated/α-hetero) is 1. The van der Waals surface area contributed by atoms with Gasteiger partial charge in [0.2, 0.25) is 0 Å². The third-order valence-corrected chi connectivity index (χ3v) is 3.00. The lowest BCUT2D eigenvalue weighted by atomic mass is 9.87. The van der Waals surface area contributed by atoms with Crippen LogP contribution in [0.25, 0.3) is 0 Å². The van der Waals surface area contributed by atoms with Crippen LogP contribution in [-0.2, 0) is 4.79 Å². The summed E-state index contributed by atoms with van der Waals surface area (Å²) in [7, 11) is 0. The fourth-order valence-corrected chi connectivity index (χ4v) is 2.40. The molecule has 1 aliphatic carbocycles. The minimum Gasteiger partial charge on any atom is -0.310 e. The van der Waals surface area contributed by atoms with Crippen LogP contribution < -0.4 is 5.32 Å². The Hall–Kier alpha value is -0.370. The molecule has 2 fully saturated rings. The molecule has 1 N–H and O–H groups in total. The van der Waals surface area contributed by atoms with E-state index in [4.69, 9.17) is 0 Å². The Balaban J connectivity index is 2.05. The van der Waals surface area contributed by atoms with Gasteiger partial charge in [-0.3, -0.25) is 4.79 Å². The standard InChI is InChI=1S/C9H15NO/c11-8-3-6-10-9(7-8)4-1-2-5-9/h10H,1-7H2. The Bertz CT molecular complexity index is 170. The molecule has 1 heterocycles. The molecule has 1 spiro atoms. The highest BCUT2D eigenvalue weighted by atomic mass is 16.1. The summed E-state index contributed by atoms with van der Waals surface area (Å²) in [4.78, 5) is 11.2. The van der Waals surface area contributed by atoms with Gasteiger partial charge in [0, 0.05) is 24.9 Å². The van der Waals surface area contributed by atoms with Gasteiger partial charge in [-0.2, -0.15) is 0 Å². The number of rotatable bonds is 0. The maximum atomic E-state index is 11.2. The molecule has 2 rings (SSSR count). The van der Waals surface area contributed by atoms with Crippen LogP contribution in [-0.4, -0.2) is 17.9 Å². The van der Waals surface area contributed by atoms with Crippen molar-refractivity contribution in [3.63, 3.8) is 0 Å². The molecule has 0 amide bonds. The van der Waals surface area contributed by atoms with Gasteiger partial charge in [-0.25, -0.2) is 0 Å². The topological polar surface area (TPSA) is 29.1 Å². The molecule has 0 radical (unpaired) electrons. The molecule has 2 nitrogen and oxygen atoms in total. The first-order valence-corrected chi connectivity index (χ1v) is 4.58. The van der Waals surface area contributed by atoms with Gasteiger partial charge in [-0.1, -0.05) is 12.8 Å². The van der Waals surface area contributed by atoms with Crippen molar-refractivity contribution in [3.05, 3.63) is 0 Å². The average Bonchev–Trinajstić information content (AvgIpc) is 2.37. The van der Waals surface area contributed by atoms with Gasteiger partial charge in [-0.05, 0) is 12.8 Å². The zero-order valence-electron chi connectivity index (χ0n) is 6.86. The molecule has 0 unspecified atom stereocenters. The van der Waals surface area contributed by atoms with E-state index in [1.807, 2.05) is 0 Å². The highest BCUT2D eigenvalue weighted by Gasteiger charge is 2.37. The first-order chi connectivity index (χ1) is 5.31. The maximum absolute atomic E-state index is 11.2. The number of carbonyl (C=O) groups excluding carboxylic acids is 1. The molecule has 62 valence electrons. The minimum atomic E-state index is 0.245. The molecule has 0 aromatic rings. The Morgan fingerprint density at radius 1 is 1.27 bits per heavy atom. The summed E-state index contributed by atoms with van der Waals surface area (Å²) in [5.74, 6) is 0.464. The zero-order chi connectivity index (χ0) is 7.73. The zero-order valence-corrected chi connectivity index (χ0v) is 6.86. The second kappa shape index (κ2) is 2.59. The third-order valence-electron chi connectivity index (χ3n) is 3.00. The second-order valence-corrected chi connectivity index (χ2v) is 3.88. The molecule has 11 heavy (non-hydrogen) atoms. The Kier molecular flexibility index (Phi) is 1.72. The van der Waals surface area contributed by atoms with Crippen molar-refractivity contribution < 1.29 is 4.79 Å². The molecule has 2 heteroatoms. The van der Waals surface area contributed by atoms with E-state index in [9.17, 15) is 4.79 Å². The molecule has 1 saturated heterocycles. The van der Waals surface area contributed by atoms with Gasteiger partial charge in [0.25, 0.3) is 0 Å². The number of piperidine rings is 1. The smallest absolute Gasteiger partial charge is 0.136 e. The van der Waals surface area contributed by atoms with Crippen LogP contribution in [0.5, 0.6) is 0 Å². The fraction of sp³-hybridized carbons (Fsp3) is 0.889. The van der Waals surface area contributed by atoms with E-state index in [1.165, 1.54) is 25.7 Å². The van der Waals surface area contributed by atoms with Gasteiger partial charge in [-0.15, -0.1) is 0 Å². The van der Waals surface area contributed by atoms with Crippen molar-refractivity contribution in [3.8, 4) is 0 Å². The largest absolute Gasteiger partial charge is 0.310 e. The van der Waals surface area contributed by atoms with Gasteiger partial charge in [0.1, 0.15) is 5.78 Å². The van der Waals surface area contributed by atoms with Crippen molar-refractivity contribution in [2.24, 2.45) is 0 Å². The number of hydrogen-bond acceptors (Lipinski definition) is 2. The summed E-state index contributed by atoms with van der Waals surface area (Å²) < 4.78 is 0. The summed E-state index contributed by atoms with van der Waals surface area (Å²) in [5.41, 5.74) is 0.245.